The summed E-state index contributed by atoms with van der Waals surface area (Å²) < 4.78 is 5.76. The number of aliphatic hydroxyl groups excluding tert-OH is 1. The summed E-state index contributed by atoms with van der Waals surface area (Å²) in [6, 6.07) is 6.17. The van der Waals surface area contributed by atoms with Crippen molar-refractivity contribution in [2.75, 3.05) is 46.4 Å². The Morgan fingerprint density at radius 2 is 2.00 bits per heavy atom. The first kappa shape index (κ1) is 18.2. The first-order valence-corrected chi connectivity index (χ1v) is 8.76. The van der Waals surface area contributed by atoms with Crippen LogP contribution in [0.1, 0.15) is 24.5 Å². The SMILES string of the molecule is CCN(C)CC1CCN(CC(O)COc2cc(C)cc(C)c2)C1. The van der Waals surface area contributed by atoms with Gasteiger partial charge in [0.05, 0.1) is 0 Å². The summed E-state index contributed by atoms with van der Waals surface area (Å²) in [7, 11) is 2.18. The quantitative estimate of drug-likeness (QED) is 0.797. The molecule has 2 rings (SSSR count). The summed E-state index contributed by atoms with van der Waals surface area (Å²) in [6.45, 7) is 11.8. The van der Waals surface area contributed by atoms with Gasteiger partial charge in [-0.25, -0.2) is 0 Å². The van der Waals surface area contributed by atoms with E-state index >= 15 is 0 Å². The Labute approximate surface area is 141 Å². The fraction of sp³-hybridized carbons (Fsp3) is 0.684. The van der Waals surface area contributed by atoms with Crippen LogP contribution in [0.5, 0.6) is 5.75 Å². The second kappa shape index (κ2) is 8.67. The van der Waals surface area contributed by atoms with Crippen LogP contribution in [0, 0.1) is 19.8 Å². The van der Waals surface area contributed by atoms with Gasteiger partial charge in [0.2, 0.25) is 0 Å². The topological polar surface area (TPSA) is 35.9 Å². The van der Waals surface area contributed by atoms with Crippen molar-refractivity contribution in [3.05, 3.63) is 29.3 Å². The van der Waals surface area contributed by atoms with Gasteiger partial charge in [-0.1, -0.05) is 13.0 Å². The molecule has 0 bridgehead atoms. The number of nitrogens with zero attached hydrogens (tertiary/aromatic N) is 2. The molecule has 130 valence electrons. The second-order valence-electron chi connectivity index (χ2n) is 7.06. The highest BCUT2D eigenvalue weighted by Gasteiger charge is 2.24. The molecule has 2 atom stereocenters. The van der Waals surface area contributed by atoms with E-state index in [1.54, 1.807) is 0 Å². The van der Waals surface area contributed by atoms with Crippen LogP contribution in [-0.2, 0) is 0 Å². The van der Waals surface area contributed by atoms with E-state index in [1.807, 2.05) is 12.1 Å². The average Bonchev–Trinajstić information content (AvgIpc) is 2.91. The van der Waals surface area contributed by atoms with E-state index in [9.17, 15) is 5.11 Å². The molecule has 0 amide bonds. The molecule has 1 saturated heterocycles. The lowest BCUT2D eigenvalue weighted by molar-refractivity contribution is 0.0741. The van der Waals surface area contributed by atoms with Gasteiger partial charge in [-0.2, -0.15) is 0 Å². The minimum atomic E-state index is -0.432. The molecule has 23 heavy (non-hydrogen) atoms. The number of aryl methyl sites for hydroxylation is 2. The average molecular weight is 320 g/mol. The number of likely N-dealkylation sites (tertiary alicyclic amines) is 1. The summed E-state index contributed by atoms with van der Waals surface area (Å²) in [5.41, 5.74) is 2.38. The Morgan fingerprint density at radius 3 is 2.65 bits per heavy atom. The molecule has 0 aliphatic carbocycles. The van der Waals surface area contributed by atoms with Crippen LogP contribution in [0.15, 0.2) is 18.2 Å². The number of hydrogen-bond acceptors (Lipinski definition) is 4. The molecule has 1 heterocycles. The third-order valence-electron chi connectivity index (χ3n) is 4.59. The van der Waals surface area contributed by atoms with Crippen molar-refractivity contribution in [1.82, 2.24) is 9.80 Å². The summed E-state index contributed by atoms with van der Waals surface area (Å²) in [5, 5.41) is 10.2. The number of hydrogen-bond donors (Lipinski definition) is 1. The molecule has 4 nitrogen and oxygen atoms in total. The highest BCUT2D eigenvalue weighted by Crippen LogP contribution is 2.19. The van der Waals surface area contributed by atoms with E-state index in [1.165, 1.54) is 17.5 Å². The van der Waals surface area contributed by atoms with E-state index in [0.717, 1.165) is 37.8 Å². The molecule has 1 N–H and O–H groups in total. The molecule has 1 aliphatic heterocycles. The molecule has 1 aromatic carbocycles. The number of aliphatic hydroxyl groups is 1. The van der Waals surface area contributed by atoms with Crippen LogP contribution in [-0.4, -0.2) is 67.4 Å². The van der Waals surface area contributed by atoms with Crippen LogP contribution in [0.2, 0.25) is 0 Å². The van der Waals surface area contributed by atoms with Crippen molar-refractivity contribution in [1.29, 1.82) is 0 Å². The fourth-order valence-corrected chi connectivity index (χ4v) is 3.36. The highest BCUT2D eigenvalue weighted by atomic mass is 16.5. The maximum atomic E-state index is 10.2. The van der Waals surface area contributed by atoms with Gasteiger partial charge in [-0.3, -0.25) is 0 Å². The summed E-state index contributed by atoms with van der Waals surface area (Å²) in [5.74, 6) is 1.58. The van der Waals surface area contributed by atoms with E-state index in [2.05, 4.69) is 43.7 Å². The zero-order chi connectivity index (χ0) is 16.8. The maximum Gasteiger partial charge on any atom is 0.119 e. The summed E-state index contributed by atoms with van der Waals surface area (Å²) in [6.07, 6.45) is 0.799. The van der Waals surface area contributed by atoms with E-state index in [4.69, 9.17) is 4.74 Å². The lowest BCUT2D eigenvalue weighted by atomic mass is 10.1. The Morgan fingerprint density at radius 1 is 1.30 bits per heavy atom. The van der Waals surface area contributed by atoms with Gasteiger partial charge in [0.25, 0.3) is 0 Å². The summed E-state index contributed by atoms with van der Waals surface area (Å²) >= 11 is 0. The minimum Gasteiger partial charge on any atom is -0.491 e. The molecule has 1 aliphatic rings. The molecule has 0 saturated carbocycles. The van der Waals surface area contributed by atoms with Crippen molar-refractivity contribution < 1.29 is 9.84 Å². The molecule has 0 aromatic heterocycles. The zero-order valence-electron chi connectivity index (χ0n) is 15.1. The van der Waals surface area contributed by atoms with Crippen LogP contribution in [0.3, 0.4) is 0 Å². The molecule has 4 heteroatoms. The van der Waals surface area contributed by atoms with Gasteiger partial charge in [-0.05, 0) is 69.6 Å². The van der Waals surface area contributed by atoms with E-state index in [0.29, 0.717) is 13.2 Å². The Balaban J connectivity index is 1.72. The Kier molecular flexibility index (Phi) is 6.88. The van der Waals surface area contributed by atoms with Crippen LogP contribution < -0.4 is 4.74 Å². The van der Waals surface area contributed by atoms with Crippen LogP contribution in [0.25, 0.3) is 0 Å². The highest BCUT2D eigenvalue weighted by molar-refractivity contribution is 5.32. The van der Waals surface area contributed by atoms with Crippen molar-refractivity contribution in [2.24, 2.45) is 5.92 Å². The molecule has 0 radical (unpaired) electrons. The number of rotatable bonds is 8. The fourth-order valence-electron chi connectivity index (χ4n) is 3.36. The Hall–Kier alpha value is -1.10. The molecule has 2 unspecified atom stereocenters. The molecular weight excluding hydrogens is 288 g/mol. The number of ether oxygens (including phenoxy) is 1. The molecule has 0 spiro atoms. The normalized spacial score (nSPS) is 20.2. The van der Waals surface area contributed by atoms with Gasteiger partial charge in [0.1, 0.15) is 18.5 Å². The largest absolute Gasteiger partial charge is 0.491 e. The molecular formula is C19H32N2O2. The Bertz CT molecular complexity index is 472. The van der Waals surface area contributed by atoms with Crippen molar-refractivity contribution in [3.8, 4) is 5.75 Å². The third-order valence-corrected chi connectivity index (χ3v) is 4.59. The maximum absolute atomic E-state index is 10.2. The standard InChI is InChI=1S/C19H32N2O2/c1-5-20(4)11-17-6-7-21(12-17)13-18(22)14-23-19-9-15(2)8-16(3)10-19/h8-10,17-18,22H,5-7,11-14H2,1-4H3. The first-order valence-electron chi connectivity index (χ1n) is 8.76. The number of benzene rings is 1. The van der Waals surface area contributed by atoms with Gasteiger partial charge in [0.15, 0.2) is 0 Å². The summed E-state index contributed by atoms with van der Waals surface area (Å²) in [4.78, 5) is 4.73. The lowest BCUT2D eigenvalue weighted by Crippen LogP contribution is -2.35. The predicted molar refractivity (Wildman–Crippen MR) is 95.1 cm³/mol. The van der Waals surface area contributed by atoms with Crippen LogP contribution in [0.4, 0.5) is 0 Å². The molecule has 1 fully saturated rings. The van der Waals surface area contributed by atoms with Gasteiger partial charge in [-0.15, -0.1) is 0 Å². The predicted octanol–water partition coefficient (Wildman–Crippen LogP) is 2.32. The van der Waals surface area contributed by atoms with Gasteiger partial charge < -0.3 is 19.6 Å². The van der Waals surface area contributed by atoms with E-state index in [-0.39, 0.29) is 0 Å². The third kappa shape index (κ3) is 6.13. The van der Waals surface area contributed by atoms with Crippen molar-refractivity contribution in [3.63, 3.8) is 0 Å². The monoisotopic (exact) mass is 320 g/mol. The smallest absolute Gasteiger partial charge is 0.119 e. The van der Waals surface area contributed by atoms with Gasteiger partial charge in [0, 0.05) is 19.6 Å². The number of β-amino-alcohol motifs (C(OH)–C–C–N with tert-alkyl or cyclic N) is 1. The second-order valence-corrected chi connectivity index (χ2v) is 7.06. The lowest BCUT2D eigenvalue weighted by Gasteiger charge is -2.22. The van der Waals surface area contributed by atoms with Gasteiger partial charge >= 0.3 is 0 Å². The molecule has 1 aromatic rings. The van der Waals surface area contributed by atoms with Crippen molar-refractivity contribution in [2.45, 2.75) is 33.3 Å². The van der Waals surface area contributed by atoms with Crippen LogP contribution >= 0.6 is 0 Å². The van der Waals surface area contributed by atoms with Crippen molar-refractivity contribution >= 4 is 0 Å². The first-order chi connectivity index (χ1) is 11.0. The van der Waals surface area contributed by atoms with E-state index < -0.39 is 6.10 Å². The minimum absolute atomic E-state index is 0.360. The zero-order valence-corrected chi connectivity index (χ0v) is 15.1.